The van der Waals surface area contributed by atoms with Gasteiger partial charge in [-0.3, -0.25) is 4.79 Å². The Kier molecular flexibility index (Phi) is 3.44. The maximum absolute atomic E-state index is 13.2. The van der Waals surface area contributed by atoms with Gasteiger partial charge in [0, 0.05) is 11.6 Å². The Morgan fingerprint density at radius 2 is 1.89 bits per heavy atom. The molecule has 1 unspecified atom stereocenters. The molecule has 0 bridgehead atoms. The minimum atomic E-state index is -0.361. The Morgan fingerprint density at radius 3 is 2.71 bits per heavy atom. The lowest BCUT2D eigenvalue weighted by atomic mass is 9.83. The normalized spacial score (nSPS) is 19.3. The summed E-state index contributed by atoms with van der Waals surface area (Å²) < 4.78 is 22.5. The van der Waals surface area contributed by atoms with E-state index >= 15 is 0 Å². The number of phenols is 1. The molecule has 3 heterocycles. The summed E-state index contributed by atoms with van der Waals surface area (Å²) in [5.41, 5.74) is 1.29. The minimum absolute atomic E-state index is 0.0637. The zero-order valence-corrected chi connectivity index (χ0v) is 15.9. The van der Waals surface area contributed by atoms with Crippen LogP contribution >= 0.6 is 0 Å². The smallest absolute Gasteiger partial charge is 0.231 e. The number of phenolic OH excluding ortho intramolecular Hbond substituents is 1. The van der Waals surface area contributed by atoms with Crippen LogP contribution in [0, 0.1) is 5.92 Å². The summed E-state index contributed by atoms with van der Waals surface area (Å²) in [7, 11) is 0. The zero-order valence-electron chi connectivity index (χ0n) is 15.9. The van der Waals surface area contributed by atoms with Gasteiger partial charge in [0.15, 0.2) is 11.5 Å². The largest absolute Gasteiger partial charge is 0.507 e. The Labute approximate surface area is 161 Å². The molecule has 2 aliphatic heterocycles. The van der Waals surface area contributed by atoms with Crippen molar-refractivity contribution >= 4 is 11.0 Å². The molecule has 6 heteroatoms. The molecular formula is C22H20O6. The van der Waals surface area contributed by atoms with E-state index in [-0.39, 0.29) is 34.9 Å². The van der Waals surface area contributed by atoms with Gasteiger partial charge in [-0.2, -0.15) is 0 Å². The van der Waals surface area contributed by atoms with Crippen LogP contribution in [0.4, 0.5) is 0 Å². The van der Waals surface area contributed by atoms with Crippen molar-refractivity contribution in [1.82, 2.24) is 0 Å². The Bertz CT molecular complexity index is 1170. The molecule has 0 saturated heterocycles. The molecule has 1 atom stereocenters. The van der Waals surface area contributed by atoms with Gasteiger partial charge in [0.1, 0.15) is 34.3 Å². The number of hydrogen-bond acceptors (Lipinski definition) is 6. The average Bonchev–Trinajstić information content (AvgIpc) is 3.11. The van der Waals surface area contributed by atoms with E-state index in [0.717, 1.165) is 0 Å². The molecule has 1 N–H and O–H groups in total. The molecule has 28 heavy (non-hydrogen) atoms. The lowest BCUT2D eigenvalue weighted by molar-refractivity contribution is 0.0348. The van der Waals surface area contributed by atoms with Gasteiger partial charge in [-0.05, 0) is 43.9 Å². The van der Waals surface area contributed by atoms with Crippen molar-refractivity contribution in [3.8, 4) is 34.1 Å². The third-order valence-electron chi connectivity index (χ3n) is 5.86. The van der Waals surface area contributed by atoms with Crippen molar-refractivity contribution in [3.05, 3.63) is 46.3 Å². The number of aromatic hydroxyl groups is 1. The summed E-state index contributed by atoms with van der Waals surface area (Å²) >= 11 is 0. The molecule has 144 valence electrons. The minimum Gasteiger partial charge on any atom is -0.507 e. The van der Waals surface area contributed by atoms with Crippen LogP contribution in [0.15, 0.2) is 39.7 Å². The average molecular weight is 380 g/mol. The maximum Gasteiger partial charge on any atom is 0.231 e. The lowest BCUT2D eigenvalue weighted by Gasteiger charge is -2.38. The molecule has 0 spiro atoms. The second-order valence-electron chi connectivity index (χ2n) is 7.93. The van der Waals surface area contributed by atoms with Crippen LogP contribution in [0.1, 0.15) is 26.3 Å². The van der Waals surface area contributed by atoms with Crippen LogP contribution < -0.4 is 19.6 Å². The quantitative estimate of drug-likeness (QED) is 0.680. The van der Waals surface area contributed by atoms with Gasteiger partial charge >= 0.3 is 0 Å². The highest BCUT2D eigenvalue weighted by Gasteiger charge is 2.36. The van der Waals surface area contributed by atoms with E-state index in [1.54, 1.807) is 24.3 Å². The molecule has 5 rings (SSSR count). The molecule has 0 fully saturated rings. The second-order valence-corrected chi connectivity index (χ2v) is 7.93. The Balaban J connectivity index is 1.70. The van der Waals surface area contributed by atoms with E-state index in [1.807, 2.05) is 13.8 Å². The molecule has 6 nitrogen and oxygen atoms in total. The van der Waals surface area contributed by atoms with Crippen molar-refractivity contribution in [2.24, 2.45) is 5.92 Å². The summed E-state index contributed by atoms with van der Waals surface area (Å²) in [6.45, 7) is 6.26. The van der Waals surface area contributed by atoms with Crippen LogP contribution in [0.5, 0.6) is 23.0 Å². The molecular weight excluding hydrogens is 360 g/mol. The van der Waals surface area contributed by atoms with Gasteiger partial charge in [0.2, 0.25) is 12.2 Å². The molecule has 0 saturated carbocycles. The predicted molar refractivity (Wildman–Crippen MR) is 103 cm³/mol. The van der Waals surface area contributed by atoms with E-state index in [0.29, 0.717) is 45.9 Å². The van der Waals surface area contributed by atoms with Crippen molar-refractivity contribution in [2.75, 3.05) is 6.79 Å². The molecule has 1 aromatic heterocycles. The van der Waals surface area contributed by atoms with Crippen molar-refractivity contribution in [1.29, 1.82) is 0 Å². The van der Waals surface area contributed by atoms with Crippen LogP contribution in [-0.4, -0.2) is 17.5 Å². The summed E-state index contributed by atoms with van der Waals surface area (Å²) in [5.74, 6) is 1.90. The summed E-state index contributed by atoms with van der Waals surface area (Å²) in [6, 6.07) is 6.97. The van der Waals surface area contributed by atoms with Gasteiger partial charge in [0.25, 0.3) is 0 Å². The number of fused-ring (bicyclic) bond motifs is 3. The highest BCUT2D eigenvalue weighted by Crippen LogP contribution is 2.44. The number of hydrogen-bond donors (Lipinski definition) is 1. The third-order valence-corrected chi connectivity index (χ3v) is 5.86. The van der Waals surface area contributed by atoms with E-state index in [9.17, 15) is 9.90 Å². The van der Waals surface area contributed by atoms with Crippen LogP contribution in [0.3, 0.4) is 0 Å². The summed E-state index contributed by atoms with van der Waals surface area (Å²) in [6.07, 6.45) is 2.03. The lowest BCUT2D eigenvalue weighted by Crippen LogP contribution is -2.40. The molecule has 2 aliphatic rings. The Morgan fingerprint density at radius 1 is 1.11 bits per heavy atom. The maximum atomic E-state index is 13.2. The van der Waals surface area contributed by atoms with Gasteiger partial charge in [-0.25, -0.2) is 0 Å². The summed E-state index contributed by atoms with van der Waals surface area (Å²) in [5, 5.41) is 11.1. The van der Waals surface area contributed by atoms with E-state index in [4.69, 9.17) is 18.6 Å². The number of benzene rings is 2. The fourth-order valence-electron chi connectivity index (χ4n) is 3.77. The van der Waals surface area contributed by atoms with E-state index in [2.05, 4.69) is 6.92 Å². The topological polar surface area (TPSA) is 78.1 Å². The molecule has 2 aromatic carbocycles. The molecule has 0 aliphatic carbocycles. The van der Waals surface area contributed by atoms with Gasteiger partial charge < -0.3 is 23.7 Å². The summed E-state index contributed by atoms with van der Waals surface area (Å²) in [4.78, 5) is 13.2. The van der Waals surface area contributed by atoms with Crippen LogP contribution in [0.25, 0.3) is 22.1 Å². The molecule has 0 amide bonds. The third kappa shape index (κ3) is 2.37. The van der Waals surface area contributed by atoms with Gasteiger partial charge in [0.05, 0.1) is 5.56 Å². The second kappa shape index (κ2) is 5.67. The molecule has 0 radical (unpaired) electrons. The number of rotatable bonds is 1. The Hall–Kier alpha value is -3.15. The highest BCUT2D eigenvalue weighted by molar-refractivity contribution is 5.90. The van der Waals surface area contributed by atoms with Crippen molar-refractivity contribution < 1.29 is 23.7 Å². The fraction of sp³-hybridized carbons (Fsp3) is 0.318. The first kappa shape index (κ1) is 17.0. The standard InChI is InChI=1S/C22H20O6/c1-11-6-13-16(28-22(11,2)3)8-18-19(20(13)23)21(24)14(9-25-18)12-4-5-15-17(7-12)27-10-26-15/h4-5,7-9,11,23H,6,10H2,1-3H3. The monoisotopic (exact) mass is 380 g/mol. The van der Waals surface area contributed by atoms with Crippen molar-refractivity contribution in [2.45, 2.75) is 32.8 Å². The van der Waals surface area contributed by atoms with Crippen LogP contribution in [-0.2, 0) is 6.42 Å². The SMILES string of the molecule is CC1Cc2c(cc3occ(-c4ccc5c(c4)OCO5)c(=O)c3c2O)OC1(C)C. The zero-order chi connectivity index (χ0) is 19.6. The van der Waals surface area contributed by atoms with Crippen molar-refractivity contribution in [3.63, 3.8) is 0 Å². The molecule has 3 aromatic rings. The predicted octanol–water partition coefficient (Wildman–Crippen LogP) is 4.24. The highest BCUT2D eigenvalue weighted by atomic mass is 16.7. The van der Waals surface area contributed by atoms with Gasteiger partial charge in [-0.1, -0.05) is 13.0 Å². The van der Waals surface area contributed by atoms with Gasteiger partial charge in [-0.15, -0.1) is 0 Å². The first-order valence-corrected chi connectivity index (χ1v) is 9.24. The van der Waals surface area contributed by atoms with E-state index in [1.165, 1.54) is 6.26 Å². The first-order valence-electron chi connectivity index (χ1n) is 9.24. The fourth-order valence-corrected chi connectivity index (χ4v) is 3.77. The van der Waals surface area contributed by atoms with Crippen LogP contribution in [0.2, 0.25) is 0 Å². The number of ether oxygens (including phenoxy) is 3. The first-order chi connectivity index (χ1) is 13.3. The van der Waals surface area contributed by atoms with E-state index < -0.39 is 0 Å².